The van der Waals surface area contributed by atoms with Gasteiger partial charge in [-0.2, -0.15) is 0 Å². The molecule has 0 amide bonds. The molecule has 3 aromatic rings. The lowest BCUT2D eigenvalue weighted by atomic mass is 10.1. The van der Waals surface area contributed by atoms with E-state index in [-0.39, 0.29) is 0 Å². The maximum atomic E-state index is 10.6. The average Bonchev–Trinajstić information content (AvgIpc) is 3.09. The number of hydrogen-bond donors (Lipinski definition) is 0. The number of carbonyl (C=O) groups excluding carboxylic acids is 1. The Bertz CT molecular complexity index is 798. The van der Waals surface area contributed by atoms with Gasteiger partial charge in [-0.3, -0.25) is 4.79 Å². The van der Waals surface area contributed by atoms with Crippen LogP contribution in [0.1, 0.15) is 15.9 Å². The van der Waals surface area contributed by atoms with Gasteiger partial charge in [-0.1, -0.05) is 29.5 Å². The zero-order chi connectivity index (χ0) is 16.8. The molecule has 0 saturated heterocycles. The first-order chi connectivity index (χ1) is 11.7. The summed E-state index contributed by atoms with van der Waals surface area (Å²) in [4.78, 5) is 10.6. The summed E-state index contributed by atoms with van der Waals surface area (Å²) in [6.07, 6.45) is 0.806. The highest BCUT2D eigenvalue weighted by Crippen LogP contribution is 2.23. The Morgan fingerprint density at radius 1 is 1.08 bits per heavy atom. The van der Waals surface area contributed by atoms with Crippen LogP contribution in [0.5, 0.6) is 5.75 Å². The summed E-state index contributed by atoms with van der Waals surface area (Å²) in [5.41, 5.74) is 2.73. The van der Waals surface area contributed by atoms with Gasteiger partial charge in [0.05, 0.1) is 6.61 Å². The number of thioether (sulfide) groups is 1. The van der Waals surface area contributed by atoms with Crippen LogP contribution in [0, 0.1) is 6.92 Å². The van der Waals surface area contributed by atoms with Crippen LogP contribution >= 0.6 is 11.8 Å². The molecule has 0 atom stereocenters. The Kier molecular flexibility index (Phi) is 5.28. The van der Waals surface area contributed by atoms with Crippen LogP contribution in [0.15, 0.2) is 58.2 Å². The summed E-state index contributed by atoms with van der Waals surface area (Å²) >= 11 is 1.44. The Morgan fingerprint density at radius 2 is 1.83 bits per heavy atom. The maximum Gasteiger partial charge on any atom is 0.276 e. The van der Waals surface area contributed by atoms with Gasteiger partial charge in [0.1, 0.15) is 12.0 Å². The van der Waals surface area contributed by atoms with E-state index < -0.39 is 0 Å². The molecule has 0 aliphatic rings. The fraction of sp³-hybridized carbons (Fsp3) is 0.167. The summed E-state index contributed by atoms with van der Waals surface area (Å²) < 4.78 is 11.2. The fourth-order valence-electron chi connectivity index (χ4n) is 2.01. The molecule has 2 aromatic carbocycles. The molecule has 0 N–H and O–H groups in total. The molecule has 0 bridgehead atoms. The Hall–Kier alpha value is -2.60. The van der Waals surface area contributed by atoms with E-state index in [1.807, 2.05) is 31.2 Å². The molecule has 5 nitrogen and oxygen atoms in total. The number of rotatable bonds is 7. The normalized spacial score (nSPS) is 10.5. The summed E-state index contributed by atoms with van der Waals surface area (Å²) in [7, 11) is 0. The van der Waals surface area contributed by atoms with E-state index in [1.165, 1.54) is 17.3 Å². The molecule has 0 aliphatic heterocycles. The minimum Gasteiger partial charge on any atom is -0.493 e. The minimum absolute atomic E-state index is 0.507. The van der Waals surface area contributed by atoms with E-state index in [1.54, 1.807) is 24.3 Å². The first-order valence-corrected chi connectivity index (χ1v) is 8.44. The van der Waals surface area contributed by atoms with Crippen molar-refractivity contribution in [2.45, 2.75) is 12.1 Å². The van der Waals surface area contributed by atoms with E-state index in [4.69, 9.17) is 9.15 Å². The molecule has 0 unspecified atom stereocenters. The summed E-state index contributed by atoms with van der Waals surface area (Å²) in [5.74, 6) is 1.93. The zero-order valence-electron chi connectivity index (χ0n) is 13.1. The first-order valence-electron chi connectivity index (χ1n) is 7.46. The number of ether oxygens (including phenoxy) is 1. The molecule has 0 saturated carbocycles. The van der Waals surface area contributed by atoms with Crippen molar-refractivity contribution in [1.29, 1.82) is 0 Å². The van der Waals surface area contributed by atoms with Crippen molar-refractivity contribution in [3.63, 3.8) is 0 Å². The number of aromatic nitrogens is 2. The molecule has 1 heterocycles. The van der Waals surface area contributed by atoms with Gasteiger partial charge in [0, 0.05) is 16.9 Å². The highest BCUT2D eigenvalue weighted by molar-refractivity contribution is 7.99. The number of carbonyl (C=O) groups is 1. The Labute approximate surface area is 144 Å². The molecule has 0 aliphatic carbocycles. The summed E-state index contributed by atoms with van der Waals surface area (Å²) in [5, 5.41) is 8.61. The van der Waals surface area contributed by atoms with Gasteiger partial charge in [-0.15, -0.1) is 10.2 Å². The van der Waals surface area contributed by atoms with E-state index in [0.29, 0.717) is 29.0 Å². The van der Waals surface area contributed by atoms with E-state index in [0.717, 1.165) is 17.6 Å². The molecule has 6 heteroatoms. The van der Waals surface area contributed by atoms with Gasteiger partial charge in [0.25, 0.3) is 5.22 Å². The third kappa shape index (κ3) is 4.23. The lowest BCUT2D eigenvalue weighted by molar-refractivity contribution is 0.112. The van der Waals surface area contributed by atoms with Crippen LogP contribution in [-0.2, 0) is 0 Å². The topological polar surface area (TPSA) is 65.2 Å². The van der Waals surface area contributed by atoms with Gasteiger partial charge >= 0.3 is 0 Å². The van der Waals surface area contributed by atoms with Crippen molar-refractivity contribution < 1.29 is 13.9 Å². The quantitative estimate of drug-likeness (QED) is 0.367. The van der Waals surface area contributed by atoms with Crippen LogP contribution in [-0.4, -0.2) is 28.8 Å². The van der Waals surface area contributed by atoms with Crippen LogP contribution in [0.2, 0.25) is 0 Å². The zero-order valence-corrected chi connectivity index (χ0v) is 14.0. The van der Waals surface area contributed by atoms with Crippen molar-refractivity contribution in [3.05, 3.63) is 59.7 Å². The average molecular weight is 340 g/mol. The van der Waals surface area contributed by atoms with Crippen molar-refractivity contribution in [3.8, 4) is 17.2 Å². The van der Waals surface area contributed by atoms with E-state index in [2.05, 4.69) is 10.2 Å². The van der Waals surface area contributed by atoms with Gasteiger partial charge in [0.2, 0.25) is 5.89 Å². The van der Waals surface area contributed by atoms with Crippen LogP contribution in [0.4, 0.5) is 0 Å². The van der Waals surface area contributed by atoms with Crippen molar-refractivity contribution >= 4 is 18.0 Å². The summed E-state index contributed by atoms with van der Waals surface area (Å²) in [6, 6.07) is 14.9. The largest absolute Gasteiger partial charge is 0.493 e. The second kappa shape index (κ2) is 7.79. The molecule has 0 spiro atoms. The predicted octanol–water partition coefficient (Wildman–Crippen LogP) is 4.03. The molecule has 1 aromatic heterocycles. The third-order valence-corrected chi connectivity index (χ3v) is 4.08. The predicted molar refractivity (Wildman–Crippen MR) is 92.5 cm³/mol. The number of aldehydes is 1. The number of hydrogen-bond acceptors (Lipinski definition) is 6. The molecule has 24 heavy (non-hydrogen) atoms. The second-order valence-corrected chi connectivity index (χ2v) is 6.17. The fourth-order valence-corrected chi connectivity index (χ4v) is 2.59. The molecule has 0 fully saturated rings. The van der Waals surface area contributed by atoms with Gasteiger partial charge in [0.15, 0.2) is 0 Å². The van der Waals surface area contributed by atoms with Crippen molar-refractivity contribution in [2.75, 3.05) is 12.4 Å². The highest BCUT2D eigenvalue weighted by atomic mass is 32.2. The van der Waals surface area contributed by atoms with E-state index in [9.17, 15) is 4.79 Å². The monoisotopic (exact) mass is 340 g/mol. The van der Waals surface area contributed by atoms with E-state index >= 15 is 0 Å². The van der Waals surface area contributed by atoms with Crippen LogP contribution in [0.3, 0.4) is 0 Å². The van der Waals surface area contributed by atoms with Crippen LogP contribution in [0.25, 0.3) is 11.5 Å². The molecular weight excluding hydrogens is 324 g/mol. The Morgan fingerprint density at radius 3 is 2.54 bits per heavy atom. The molecular formula is C18H16N2O3S. The van der Waals surface area contributed by atoms with Gasteiger partial charge in [-0.05, 0) is 43.3 Å². The maximum absolute atomic E-state index is 10.6. The molecule has 0 radical (unpaired) electrons. The number of benzene rings is 2. The number of aryl methyl sites for hydroxylation is 1. The van der Waals surface area contributed by atoms with Crippen molar-refractivity contribution in [1.82, 2.24) is 10.2 Å². The molecule has 122 valence electrons. The Balaban J connectivity index is 1.48. The standard InChI is InChI=1S/C18H16N2O3S/c1-13-2-6-15(7-3-13)17-19-20-18(23-17)24-11-10-22-16-8-4-14(12-21)5-9-16/h2-9,12H,10-11H2,1H3. The molecule has 3 rings (SSSR count). The lowest BCUT2D eigenvalue weighted by Gasteiger charge is -2.04. The minimum atomic E-state index is 0.507. The van der Waals surface area contributed by atoms with Crippen LogP contribution < -0.4 is 4.74 Å². The SMILES string of the molecule is Cc1ccc(-c2nnc(SCCOc3ccc(C=O)cc3)o2)cc1. The first kappa shape index (κ1) is 16.3. The highest BCUT2D eigenvalue weighted by Gasteiger charge is 2.08. The summed E-state index contributed by atoms with van der Waals surface area (Å²) in [6.45, 7) is 2.54. The van der Waals surface area contributed by atoms with Crippen molar-refractivity contribution in [2.24, 2.45) is 0 Å². The number of nitrogens with zero attached hydrogens (tertiary/aromatic N) is 2. The van der Waals surface area contributed by atoms with Gasteiger partial charge < -0.3 is 9.15 Å². The van der Waals surface area contributed by atoms with Gasteiger partial charge in [-0.25, -0.2) is 0 Å². The third-order valence-electron chi connectivity index (χ3n) is 3.30. The second-order valence-electron chi connectivity index (χ2n) is 5.12. The smallest absolute Gasteiger partial charge is 0.276 e. The lowest BCUT2D eigenvalue weighted by Crippen LogP contribution is -2.00.